The molecule has 1 aromatic carbocycles. The zero-order chi connectivity index (χ0) is 13.0. The predicted octanol–water partition coefficient (Wildman–Crippen LogP) is 2.47. The van der Waals surface area contributed by atoms with E-state index in [0.29, 0.717) is 11.5 Å². The van der Waals surface area contributed by atoms with E-state index >= 15 is 0 Å². The molecule has 0 atom stereocenters. The van der Waals surface area contributed by atoms with Crippen molar-refractivity contribution >= 4 is 28.7 Å². The van der Waals surface area contributed by atoms with Crippen molar-refractivity contribution in [1.82, 2.24) is 4.98 Å². The Hall–Kier alpha value is -2.14. The minimum Gasteiger partial charge on any atom is -0.495 e. The maximum absolute atomic E-state index is 5.55. The van der Waals surface area contributed by atoms with Crippen LogP contribution in [0.25, 0.3) is 0 Å². The van der Waals surface area contributed by atoms with Crippen LogP contribution < -0.4 is 15.8 Å². The fraction of sp³-hybridized carbons (Fsp3) is 0.0769. The van der Waals surface area contributed by atoms with Gasteiger partial charge in [-0.15, -0.1) is 0 Å². The van der Waals surface area contributed by atoms with Crippen LogP contribution in [0.15, 0.2) is 42.5 Å². The molecule has 4 nitrogen and oxygen atoms in total. The molecule has 0 amide bonds. The van der Waals surface area contributed by atoms with Crippen molar-refractivity contribution in [1.29, 1.82) is 0 Å². The Balaban J connectivity index is 2.28. The SMILES string of the molecule is COc1ccccc1Nc1cccc(C(N)=S)n1. The zero-order valence-electron chi connectivity index (χ0n) is 9.88. The van der Waals surface area contributed by atoms with Gasteiger partial charge in [0, 0.05) is 0 Å². The van der Waals surface area contributed by atoms with Crippen LogP contribution in [0.1, 0.15) is 5.69 Å². The quantitative estimate of drug-likeness (QED) is 0.826. The molecule has 92 valence electrons. The maximum Gasteiger partial charge on any atom is 0.142 e. The third-order valence-corrected chi connectivity index (χ3v) is 2.58. The molecular formula is C13H13N3OS. The van der Waals surface area contributed by atoms with E-state index in [0.717, 1.165) is 11.4 Å². The van der Waals surface area contributed by atoms with Crippen LogP contribution in [-0.2, 0) is 0 Å². The number of methoxy groups -OCH3 is 1. The van der Waals surface area contributed by atoms with Crippen molar-refractivity contribution < 1.29 is 4.74 Å². The molecule has 5 heteroatoms. The summed E-state index contributed by atoms with van der Waals surface area (Å²) in [6.07, 6.45) is 0. The smallest absolute Gasteiger partial charge is 0.142 e. The Morgan fingerprint density at radius 1 is 1.22 bits per heavy atom. The Bertz CT molecular complexity index is 572. The Labute approximate surface area is 111 Å². The van der Waals surface area contributed by atoms with E-state index < -0.39 is 0 Å². The molecule has 0 unspecified atom stereocenters. The molecular weight excluding hydrogens is 246 g/mol. The van der Waals surface area contributed by atoms with Gasteiger partial charge in [-0.25, -0.2) is 4.98 Å². The first-order valence-corrected chi connectivity index (χ1v) is 5.78. The Kier molecular flexibility index (Phi) is 3.74. The molecule has 18 heavy (non-hydrogen) atoms. The number of hydrogen-bond acceptors (Lipinski definition) is 4. The van der Waals surface area contributed by atoms with Gasteiger partial charge in [0.15, 0.2) is 0 Å². The summed E-state index contributed by atoms with van der Waals surface area (Å²) in [6, 6.07) is 13.1. The van der Waals surface area contributed by atoms with Crippen molar-refractivity contribution in [3.8, 4) is 5.75 Å². The van der Waals surface area contributed by atoms with Gasteiger partial charge >= 0.3 is 0 Å². The van der Waals surface area contributed by atoms with E-state index in [1.165, 1.54) is 0 Å². The summed E-state index contributed by atoms with van der Waals surface area (Å²) in [5.41, 5.74) is 6.98. The molecule has 0 aliphatic heterocycles. The summed E-state index contributed by atoms with van der Waals surface area (Å²) in [5.74, 6) is 1.42. The summed E-state index contributed by atoms with van der Waals surface area (Å²) < 4.78 is 5.25. The van der Waals surface area contributed by atoms with Crippen LogP contribution in [0.2, 0.25) is 0 Å². The third kappa shape index (κ3) is 2.75. The van der Waals surface area contributed by atoms with Crippen LogP contribution in [0, 0.1) is 0 Å². The second-order valence-corrected chi connectivity index (χ2v) is 4.04. The number of hydrogen-bond donors (Lipinski definition) is 2. The van der Waals surface area contributed by atoms with Crippen molar-refractivity contribution in [3.05, 3.63) is 48.2 Å². The second-order valence-electron chi connectivity index (χ2n) is 3.60. The van der Waals surface area contributed by atoms with E-state index in [-0.39, 0.29) is 4.99 Å². The van der Waals surface area contributed by atoms with Gasteiger partial charge in [-0.1, -0.05) is 30.4 Å². The van der Waals surface area contributed by atoms with Crippen molar-refractivity contribution in [2.45, 2.75) is 0 Å². The van der Waals surface area contributed by atoms with E-state index in [9.17, 15) is 0 Å². The molecule has 0 saturated heterocycles. The number of thiocarbonyl (C=S) groups is 1. The number of anilines is 2. The number of benzene rings is 1. The monoisotopic (exact) mass is 259 g/mol. The highest BCUT2D eigenvalue weighted by Crippen LogP contribution is 2.26. The lowest BCUT2D eigenvalue weighted by molar-refractivity contribution is 0.417. The molecule has 0 spiro atoms. The highest BCUT2D eigenvalue weighted by atomic mass is 32.1. The third-order valence-electron chi connectivity index (χ3n) is 2.37. The maximum atomic E-state index is 5.55. The van der Waals surface area contributed by atoms with Gasteiger partial charge in [0.25, 0.3) is 0 Å². The summed E-state index contributed by atoms with van der Waals surface area (Å²) in [4.78, 5) is 4.59. The van der Waals surface area contributed by atoms with Gasteiger partial charge in [-0.05, 0) is 24.3 Å². The molecule has 0 aliphatic rings. The zero-order valence-corrected chi connectivity index (χ0v) is 10.7. The largest absolute Gasteiger partial charge is 0.495 e. The first-order valence-electron chi connectivity index (χ1n) is 5.37. The van der Waals surface area contributed by atoms with Crippen molar-refractivity contribution in [3.63, 3.8) is 0 Å². The summed E-state index contributed by atoms with van der Waals surface area (Å²) >= 11 is 4.90. The average Bonchev–Trinajstić information content (AvgIpc) is 2.39. The summed E-state index contributed by atoms with van der Waals surface area (Å²) in [7, 11) is 1.62. The minimum atomic E-state index is 0.277. The van der Waals surface area contributed by atoms with Gasteiger partial charge in [-0.3, -0.25) is 0 Å². The van der Waals surface area contributed by atoms with Gasteiger partial charge in [-0.2, -0.15) is 0 Å². The van der Waals surface area contributed by atoms with E-state index in [1.54, 1.807) is 13.2 Å². The standard InChI is InChI=1S/C13H13N3OS/c1-17-11-7-3-2-5-9(11)15-12-8-4-6-10(16-12)13(14)18/h2-8H,1H3,(H2,14,18)(H,15,16). The summed E-state index contributed by atoms with van der Waals surface area (Å²) in [6.45, 7) is 0. The molecule has 1 aromatic heterocycles. The van der Waals surface area contributed by atoms with Crippen LogP contribution >= 0.6 is 12.2 Å². The van der Waals surface area contributed by atoms with E-state index in [4.69, 9.17) is 22.7 Å². The molecule has 2 rings (SSSR count). The van der Waals surface area contributed by atoms with Crippen LogP contribution in [-0.4, -0.2) is 17.1 Å². The highest BCUT2D eigenvalue weighted by molar-refractivity contribution is 7.80. The molecule has 0 saturated carbocycles. The molecule has 2 aromatic rings. The second kappa shape index (κ2) is 5.46. The Morgan fingerprint density at radius 3 is 2.72 bits per heavy atom. The van der Waals surface area contributed by atoms with Gasteiger partial charge < -0.3 is 15.8 Å². The lowest BCUT2D eigenvalue weighted by Crippen LogP contribution is -2.12. The molecule has 0 aliphatic carbocycles. The number of rotatable bonds is 4. The fourth-order valence-corrected chi connectivity index (χ4v) is 1.64. The fourth-order valence-electron chi connectivity index (χ4n) is 1.53. The van der Waals surface area contributed by atoms with Crippen LogP contribution in [0.4, 0.5) is 11.5 Å². The molecule has 0 bridgehead atoms. The normalized spacial score (nSPS) is 9.83. The summed E-state index contributed by atoms with van der Waals surface area (Å²) in [5, 5.41) is 3.17. The van der Waals surface area contributed by atoms with Crippen molar-refractivity contribution in [2.24, 2.45) is 5.73 Å². The number of pyridine rings is 1. The number of para-hydroxylation sites is 2. The number of nitrogens with one attached hydrogen (secondary N) is 1. The predicted molar refractivity (Wildman–Crippen MR) is 76.4 cm³/mol. The number of ether oxygens (including phenoxy) is 1. The topological polar surface area (TPSA) is 60.2 Å². The first kappa shape index (κ1) is 12.3. The number of aromatic nitrogens is 1. The number of nitrogens with zero attached hydrogens (tertiary/aromatic N) is 1. The van der Waals surface area contributed by atoms with E-state index in [1.807, 2.05) is 36.4 Å². The van der Waals surface area contributed by atoms with Crippen molar-refractivity contribution in [2.75, 3.05) is 12.4 Å². The molecule has 0 fully saturated rings. The lowest BCUT2D eigenvalue weighted by atomic mass is 10.3. The van der Waals surface area contributed by atoms with Gasteiger partial charge in [0.1, 0.15) is 16.6 Å². The van der Waals surface area contributed by atoms with Crippen LogP contribution in [0.5, 0.6) is 5.75 Å². The van der Waals surface area contributed by atoms with Gasteiger partial charge in [0.2, 0.25) is 0 Å². The van der Waals surface area contributed by atoms with Crippen LogP contribution in [0.3, 0.4) is 0 Å². The molecule has 0 radical (unpaired) electrons. The number of nitrogens with two attached hydrogens (primary N) is 1. The first-order chi connectivity index (χ1) is 8.70. The molecule has 3 N–H and O–H groups in total. The van der Waals surface area contributed by atoms with E-state index in [2.05, 4.69) is 10.3 Å². The minimum absolute atomic E-state index is 0.277. The lowest BCUT2D eigenvalue weighted by Gasteiger charge is -2.10. The average molecular weight is 259 g/mol. The molecule has 1 heterocycles. The Morgan fingerprint density at radius 2 is 2.00 bits per heavy atom. The van der Waals surface area contributed by atoms with Gasteiger partial charge in [0.05, 0.1) is 18.5 Å². The highest BCUT2D eigenvalue weighted by Gasteiger charge is 2.04.